The van der Waals surface area contributed by atoms with Crippen molar-refractivity contribution >= 4 is 5.65 Å². The van der Waals surface area contributed by atoms with Gasteiger partial charge in [0.1, 0.15) is 5.82 Å². The molecule has 1 aliphatic rings. The van der Waals surface area contributed by atoms with Gasteiger partial charge in [-0.25, -0.2) is 0 Å². The normalized spacial score (nSPS) is 18.1. The molecule has 0 unspecified atom stereocenters. The third-order valence-corrected chi connectivity index (χ3v) is 3.98. The number of nitrogens with two attached hydrogens (primary N) is 1. The minimum atomic E-state index is 0.521. The Kier molecular flexibility index (Phi) is 3.28. The molecule has 2 aromatic heterocycles. The average Bonchev–Trinajstić information content (AvgIpc) is 2.66. The van der Waals surface area contributed by atoms with Gasteiger partial charge in [0.2, 0.25) is 0 Å². The fraction of sp³-hybridized carbons (Fsp3) is 0.571. The lowest BCUT2D eigenvalue weighted by Crippen LogP contribution is -2.05. The van der Waals surface area contributed by atoms with Crippen LogP contribution in [-0.4, -0.2) is 14.6 Å². The summed E-state index contributed by atoms with van der Waals surface area (Å²) in [5.74, 6) is 1.69. The Hall–Kier alpha value is -1.42. The summed E-state index contributed by atoms with van der Waals surface area (Å²) in [7, 11) is 0. The van der Waals surface area contributed by atoms with Crippen molar-refractivity contribution in [3.63, 3.8) is 0 Å². The summed E-state index contributed by atoms with van der Waals surface area (Å²) in [6.07, 6.45) is 9.91. The van der Waals surface area contributed by atoms with Crippen molar-refractivity contribution < 1.29 is 0 Å². The molecular weight excluding hydrogens is 224 g/mol. The maximum absolute atomic E-state index is 5.75. The number of rotatable bonds is 2. The molecule has 3 rings (SSSR count). The zero-order valence-electron chi connectivity index (χ0n) is 10.7. The van der Waals surface area contributed by atoms with Crippen LogP contribution in [0.15, 0.2) is 18.3 Å². The molecule has 96 valence electrons. The van der Waals surface area contributed by atoms with Gasteiger partial charge in [0.05, 0.1) is 0 Å². The molecular formula is C14H20N4. The van der Waals surface area contributed by atoms with Crippen molar-refractivity contribution in [3.05, 3.63) is 29.7 Å². The van der Waals surface area contributed by atoms with E-state index in [9.17, 15) is 0 Å². The summed E-state index contributed by atoms with van der Waals surface area (Å²) in [4.78, 5) is 0. The van der Waals surface area contributed by atoms with Crippen LogP contribution < -0.4 is 5.73 Å². The monoisotopic (exact) mass is 244 g/mol. The number of aromatic nitrogens is 3. The van der Waals surface area contributed by atoms with Gasteiger partial charge in [-0.3, -0.25) is 4.40 Å². The summed E-state index contributed by atoms with van der Waals surface area (Å²) in [5, 5.41) is 8.75. The zero-order chi connectivity index (χ0) is 12.4. The largest absolute Gasteiger partial charge is 0.326 e. The highest BCUT2D eigenvalue weighted by Gasteiger charge is 2.20. The summed E-state index contributed by atoms with van der Waals surface area (Å²) in [6, 6.07) is 4.07. The molecule has 2 heterocycles. The van der Waals surface area contributed by atoms with E-state index in [1.165, 1.54) is 38.5 Å². The van der Waals surface area contributed by atoms with E-state index in [1.807, 2.05) is 12.1 Å². The molecule has 1 aliphatic carbocycles. The van der Waals surface area contributed by atoms with E-state index in [-0.39, 0.29) is 0 Å². The summed E-state index contributed by atoms with van der Waals surface area (Å²) >= 11 is 0. The Labute approximate surface area is 107 Å². The first kappa shape index (κ1) is 11.7. The second kappa shape index (κ2) is 5.06. The fourth-order valence-corrected chi connectivity index (χ4v) is 2.96. The van der Waals surface area contributed by atoms with Crippen molar-refractivity contribution in [1.82, 2.24) is 14.6 Å². The van der Waals surface area contributed by atoms with Gasteiger partial charge in [0, 0.05) is 24.2 Å². The van der Waals surface area contributed by atoms with E-state index >= 15 is 0 Å². The summed E-state index contributed by atoms with van der Waals surface area (Å²) in [6.45, 7) is 0.521. The van der Waals surface area contributed by atoms with Gasteiger partial charge in [-0.1, -0.05) is 31.7 Å². The molecule has 1 fully saturated rings. The van der Waals surface area contributed by atoms with Crippen LogP contribution in [0.25, 0.3) is 5.65 Å². The smallest absolute Gasteiger partial charge is 0.165 e. The van der Waals surface area contributed by atoms with Crippen LogP contribution in [0.4, 0.5) is 0 Å². The van der Waals surface area contributed by atoms with Gasteiger partial charge in [0.15, 0.2) is 5.65 Å². The van der Waals surface area contributed by atoms with E-state index in [1.54, 1.807) is 0 Å². The van der Waals surface area contributed by atoms with Crippen molar-refractivity contribution in [1.29, 1.82) is 0 Å². The molecule has 4 nitrogen and oxygen atoms in total. The first-order chi connectivity index (χ1) is 8.90. The quantitative estimate of drug-likeness (QED) is 0.826. The molecule has 0 bridgehead atoms. The van der Waals surface area contributed by atoms with Gasteiger partial charge < -0.3 is 5.73 Å². The molecule has 0 radical (unpaired) electrons. The summed E-state index contributed by atoms with van der Waals surface area (Å²) in [5.41, 5.74) is 7.75. The van der Waals surface area contributed by atoms with Gasteiger partial charge in [0.25, 0.3) is 0 Å². The van der Waals surface area contributed by atoms with E-state index < -0.39 is 0 Å². The maximum atomic E-state index is 5.75. The third-order valence-electron chi connectivity index (χ3n) is 3.98. The number of pyridine rings is 1. The first-order valence-corrected chi connectivity index (χ1v) is 6.92. The second-order valence-corrected chi connectivity index (χ2v) is 5.18. The maximum Gasteiger partial charge on any atom is 0.165 e. The second-order valence-electron chi connectivity index (χ2n) is 5.18. The van der Waals surface area contributed by atoms with E-state index in [0.717, 1.165) is 17.0 Å². The topological polar surface area (TPSA) is 56.2 Å². The third kappa shape index (κ3) is 2.01. The van der Waals surface area contributed by atoms with E-state index in [2.05, 4.69) is 20.8 Å². The van der Waals surface area contributed by atoms with Crippen LogP contribution in [0.1, 0.15) is 55.8 Å². The van der Waals surface area contributed by atoms with Gasteiger partial charge in [-0.2, -0.15) is 0 Å². The number of fused-ring (bicyclic) bond motifs is 1. The molecule has 0 atom stereocenters. The van der Waals surface area contributed by atoms with Crippen LogP contribution in [0, 0.1) is 0 Å². The molecule has 4 heteroatoms. The zero-order valence-corrected chi connectivity index (χ0v) is 10.7. The molecule has 2 N–H and O–H groups in total. The Morgan fingerprint density at radius 1 is 1.17 bits per heavy atom. The molecule has 0 saturated heterocycles. The number of hydrogen-bond donors (Lipinski definition) is 1. The highest BCUT2D eigenvalue weighted by molar-refractivity contribution is 5.47. The van der Waals surface area contributed by atoms with Crippen LogP contribution in [0.2, 0.25) is 0 Å². The summed E-state index contributed by atoms with van der Waals surface area (Å²) < 4.78 is 2.14. The van der Waals surface area contributed by atoms with Crippen molar-refractivity contribution in [2.24, 2.45) is 5.73 Å². The van der Waals surface area contributed by atoms with Gasteiger partial charge in [-0.15, -0.1) is 10.2 Å². The molecule has 2 aromatic rings. The Morgan fingerprint density at radius 2 is 1.94 bits per heavy atom. The molecule has 0 spiro atoms. The van der Waals surface area contributed by atoms with E-state index in [0.29, 0.717) is 12.5 Å². The molecule has 1 saturated carbocycles. The van der Waals surface area contributed by atoms with Crippen LogP contribution in [0.3, 0.4) is 0 Å². The lowest BCUT2D eigenvalue weighted by Gasteiger charge is -2.12. The van der Waals surface area contributed by atoms with Crippen molar-refractivity contribution in [2.45, 2.75) is 51.0 Å². The Bertz CT molecular complexity index is 524. The lowest BCUT2D eigenvalue weighted by molar-refractivity contribution is 0.555. The molecule has 0 aromatic carbocycles. The predicted molar refractivity (Wildman–Crippen MR) is 71.3 cm³/mol. The standard InChI is InChI=1S/C14H20N4/c15-10-12-8-5-9-18-13(16-17-14(12)18)11-6-3-1-2-4-7-11/h5,8-9,11H,1-4,6-7,10,15H2. The van der Waals surface area contributed by atoms with Crippen LogP contribution in [-0.2, 0) is 6.54 Å². The number of nitrogens with zero attached hydrogens (tertiary/aromatic N) is 3. The van der Waals surface area contributed by atoms with Crippen LogP contribution >= 0.6 is 0 Å². The Balaban J connectivity index is 2.01. The van der Waals surface area contributed by atoms with Crippen molar-refractivity contribution in [3.8, 4) is 0 Å². The highest BCUT2D eigenvalue weighted by Crippen LogP contribution is 2.30. The van der Waals surface area contributed by atoms with E-state index in [4.69, 9.17) is 5.73 Å². The fourth-order valence-electron chi connectivity index (χ4n) is 2.96. The molecule has 0 aliphatic heterocycles. The average molecular weight is 244 g/mol. The SMILES string of the molecule is NCc1cccn2c(C3CCCCCC3)nnc12. The van der Waals surface area contributed by atoms with Gasteiger partial charge >= 0.3 is 0 Å². The van der Waals surface area contributed by atoms with Gasteiger partial charge in [-0.05, 0) is 18.9 Å². The first-order valence-electron chi connectivity index (χ1n) is 6.92. The predicted octanol–water partition coefficient (Wildman–Crippen LogP) is 2.63. The molecule has 18 heavy (non-hydrogen) atoms. The minimum Gasteiger partial charge on any atom is -0.326 e. The minimum absolute atomic E-state index is 0.521. The lowest BCUT2D eigenvalue weighted by atomic mass is 9.99. The Morgan fingerprint density at radius 3 is 2.67 bits per heavy atom. The highest BCUT2D eigenvalue weighted by atomic mass is 15.2. The number of hydrogen-bond acceptors (Lipinski definition) is 3. The van der Waals surface area contributed by atoms with Crippen LogP contribution in [0.5, 0.6) is 0 Å². The molecule has 0 amide bonds. The van der Waals surface area contributed by atoms with Crippen molar-refractivity contribution in [2.75, 3.05) is 0 Å².